The number of amides is 1. The summed E-state index contributed by atoms with van der Waals surface area (Å²) in [7, 11) is 0. The molecule has 0 spiro atoms. The average molecular weight is 241 g/mol. The molecule has 4 nitrogen and oxygen atoms in total. The Morgan fingerprint density at radius 3 is 2.41 bits per heavy atom. The second kappa shape index (κ2) is 7.67. The summed E-state index contributed by atoms with van der Waals surface area (Å²) in [6.45, 7) is 12.9. The molecule has 0 unspecified atom stereocenters. The molecule has 0 aliphatic carbocycles. The van der Waals surface area contributed by atoms with E-state index in [0.29, 0.717) is 12.5 Å². The molecule has 1 N–H and O–H groups in total. The standard InChI is InChI=1S/C13H27N3O/c1-4-15-7-9-16(10-8-15)13(17)11-14-6-5-12(2)3/h12,14H,4-11H2,1-3H3. The van der Waals surface area contributed by atoms with Crippen molar-refractivity contribution in [1.29, 1.82) is 0 Å². The third-order valence-electron chi connectivity index (χ3n) is 3.35. The Morgan fingerprint density at radius 2 is 1.88 bits per heavy atom. The fraction of sp³-hybridized carbons (Fsp3) is 0.923. The Hall–Kier alpha value is -0.610. The highest BCUT2D eigenvalue weighted by Gasteiger charge is 2.19. The van der Waals surface area contributed by atoms with Crippen LogP contribution in [0.2, 0.25) is 0 Å². The van der Waals surface area contributed by atoms with Gasteiger partial charge in [0.2, 0.25) is 5.91 Å². The summed E-state index contributed by atoms with van der Waals surface area (Å²) in [6.07, 6.45) is 1.14. The minimum Gasteiger partial charge on any atom is -0.339 e. The molecule has 1 aliphatic heterocycles. The van der Waals surface area contributed by atoms with Crippen molar-refractivity contribution in [3.05, 3.63) is 0 Å². The lowest BCUT2D eigenvalue weighted by molar-refractivity contribution is -0.131. The van der Waals surface area contributed by atoms with Crippen LogP contribution in [0.5, 0.6) is 0 Å². The van der Waals surface area contributed by atoms with Crippen molar-refractivity contribution in [2.45, 2.75) is 27.2 Å². The minimum atomic E-state index is 0.254. The molecule has 0 bridgehead atoms. The van der Waals surface area contributed by atoms with E-state index in [1.54, 1.807) is 0 Å². The summed E-state index contributed by atoms with van der Waals surface area (Å²) in [5.74, 6) is 0.954. The summed E-state index contributed by atoms with van der Waals surface area (Å²) in [5, 5.41) is 3.23. The maximum atomic E-state index is 11.9. The number of piperazine rings is 1. The van der Waals surface area contributed by atoms with E-state index < -0.39 is 0 Å². The van der Waals surface area contributed by atoms with Crippen LogP contribution in [0.15, 0.2) is 0 Å². The van der Waals surface area contributed by atoms with Crippen LogP contribution in [0, 0.1) is 5.92 Å². The van der Waals surface area contributed by atoms with Crippen molar-refractivity contribution < 1.29 is 4.79 Å². The lowest BCUT2D eigenvalue weighted by Gasteiger charge is -2.34. The van der Waals surface area contributed by atoms with Gasteiger partial charge >= 0.3 is 0 Å². The second-order valence-corrected chi connectivity index (χ2v) is 5.17. The van der Waals surface area contributed by atoms with Gasteiger partial charge in [-0.05, 0) is 25.4 Å². The highest BCUT2D eigenvalue weighted by atomic mass is 16.2. The molecule has 1 fully saturated rings. The number of carbonyl (C=O) groups excluding carboxylic acids is 1. The summed E-state index contributed by atoms with van der Waals surface area (Å²) in [5.41, 5.74) is 0. The zero-order valence-corrected chi connectivity index (χ0v) is 11.5. The molecule has 0 saturated carbocycles. The SMILES string of the molecule is CCN1CCN(C(=O)CNCCC(C)C)CC1. The van der Waals surface area contributed by atoms with E-state index in [4.69, 9.17) is 0 Å². The van der Waals surface area contributed by atoms with E-state index >= 15 is 0 Å². The average Bonchev–Trinajstić information content (AvgIpc) is 2.34. The number of nitrogens with one attached hydrogen (secondary N) is 1. The molecule has 17 heavy (non-hydrogen) atoms. The predicted molar refractivity (Wildman–Crippen MR) is 71.0 cm³/mol. The molecule has 1 saturated heterocycles. The molecular formula is C13H27N3O. The fourth-order valence-electron chi connectivity index (χ4n) is 2.01. The van der Waals surface area contributed by atoms with Crippen LogP contribution in [0.25, 0.3) is 0 Å². The number of carbonyl (C=O) groups is 1. The Balaban J connectivity index is 2.12. The van der Waals surface area contributed by atoms with Gasteiger partial charge in [0.05, 0.1) is 6.54 Å². The van der Waals surface area contributed by atoms with Gasteiger partial charge in [0.15, 0.2) is 0 Å². The Morgan fingerprint density at radius 1 is 1.24 bits per heavy atom. The number of hydrogen-bond donors (Lipinski definition) is 1. The first-order valence-electron chi connectivity index (χ1n) is 6.84. The van der Waals surface area contributed by atoms with E-state index in [0.717, 1.165) is 45.7 Å². The lowest BCUT2D eigenvalue weighted by Crippen LogP contribution is -2.50. The van der Waals surface area contributed by atoms with Crippen LogP contribution < -0.4 is 5.32 Å². The van der Waals surface area contributed by atoms with E-state index in [2.05, 4.69) is 31.0 Å². The van der Waals surface area contributed by atoms with Gasteiger partial charge in [-0.1, -0.05) is 20.8 Å². The zero-order valence-electron chi connectivity index (χ0n) is 11.5. The van der Waals surface area contributed by atoms with Gasteiger partial charge in [-0.15, -0.1) is 0 Å². The first kappa shape index (κ1) is 14.5. The van der Waals surface area contributed by atoms with Crippen molar-refractivity contribution in [1.82, 2.24) is 15.1 Å². The highest BCUT2D eigenvalue weighted by molar-refractivity contribution is 5.78. The molecule has 1 rings (SSSR count). The van der Waals surface area contributed by atoms with Crippen LogP contribution >= 0.6 is 0 Å². The molecule has 0 atom stereocenters. The number of hydrogen-bond acceptors (Lipinski definition) is 3. The van der Waals surface area contributed by atoms with E-state index in [1.165, 1.54) is 0 Å². The molecule has 0 radical (unpaired) electrons. The first-order chi connectivity index (χ1) is 8.13. The van der Waals surface area contributed by atoms with Gasteiger partial charge in [-0.25, -0.2) is 0 Å². The largest absolute Gasteiger partial charge is 0.339 e. The van der Waals surface area contributed by atoms with Crippen LogP contribution in [-0.2, 0) is 4.79 Å². The summed E-state index contributed by atoms with van der Waals surface area (Å²) in [6, 6.07) is 0. The quantitative estimate of drug-likeness (QED) is 0.698. The van der Waals surface area contributed by atoms with Gasteiger partial charge in [-0.3, -0.25) is 4.79 Å². The van der Waals surface area contributed by atoms with Gasteiger partial charge in [0, 0.05) is 26.2 Å². The van der Waals surface area contributed by atoms with Crippen LogP contribution in [0.3, 0.4) is 0 Å². The molecule has 4 heteroatoms. The molecular weight excluding hydrogens is 214 g/mol. The molecule has 0 aromatic carbocycles. The minimum absolute atomic E-state index is 0.254. The second-order valence-electron chi connectivity index (χ2n) is 5.17. The van der Waals surface area contributed by atoms with Crippen LogP contribution in [-0.4, -0.2) is 61.5 Å². The topological polar surface area (TPSA) is 35.6 Å². The Labute approximate surface area is 105 Å². The van der Waals surface area contributed by atoms with E-state index in [1.807, 2.05) is 4.90 Å². The fourth-order valence-corrected chi connectivity index (χ4v) is 2.01. The van der Waals surface area contributed by atoms with Crippen molar-refractivity contribution in [3.8, 4) is 0 Å². The van der Waals surface area contributed by atoms with Gasteiger partial charge < -0.3 is 15.1 Å². The Kier molecular flexibility index (Phi) is 6.52. The highest BCUT2D eigenvalue weighted by Crippen LogP contribution is 2.01. The number of likely N-dealkylation sites (N-methyl/N-ethyl adjacent to an activating group) is 1. The maximum absolute atomic E-state index is 11.9. The van der Waals surface area contributed by atoms with Crippen LogP contribution in [0.1, 0.15) is 27.2 Å². The van der Waals surface area contributed by atoms with Gasteiger partial charge in [-0.2, -0.15) is 0 Å². The molecule has 0 aromatic heterocycles. The number of nitrogens with zero attached hydrogens (tertiary/aromatic N) is 2. The normalized spacial score (nSPS) is 17.8. The predicted octanol–water partition coefficient (Wildman–Crippen LogP) is 0.786. The zero-order chi connectivity index (χ0) is 12.7. The molecule has 100 valence electrons. The van der Waals surface area contributed by atoms with Crippen molar-refractivity contribution in [2.75, 3.05) is 45.8 Å². The van der Waals surface area contributed by atoms with Gasteiger partial charge in [0.1, 0.15) is 0 Å². The summed E-state index contributed by atoms with van der Waals surface area (Å²) in [4.78, 5) is 16.2. The van der Waals surface area contributed by atoms with Crippen LogP contribution in [0.4, 0.5) is 0 Å². The summed E-state index contributed by atoms with van der Waals surface area (Å²) < 4.78 is 0. The Bertz CT molecular complexity index is 223. The lowest BCUT2D eigenvalue weighted by atomic mass is 10.1. The third-order valence-corrected chi connectivity index (χ3v) is 3.35. The molecule has 1 aliphatic rings. The summed E-state index contributed by atoms with van der Waals surface area (Å²) >= 11 is 0. The molecule has 1 heterocycles. The van der Waals surface area contributed by atoms with Crippen molar-refractivity contribution >= 4 is 5.91 Å². The third kappa shape index (κ3) is 5.50. The first-order valence-corrected chi connectivity index (χ1v) is 6.84. The van der Waals surface area contributed by atoms with E-state index in [-0.39, 0.29) is 5.91 Å². The number of rotatable bonds is 6. The molecule has 0 aromatic rings. The smallest absolute Gasteiger partial charge is 0.236 e. The van der Waals surface area contributed by atoms with Gasteiger partial charge in [0.25, 0.3) is 0 Å². The van der Waals surface area contributed by atoms with Crippen molar-refractivity contribution in [3.63, 3.8) is 0 Å². The molecule has 1 amide bonds. The van der Waals surface area contributed by atoms with Crippen molar-refractivity contribution in [2.24, 2.45) is 5.92 Å². The monoisotopic (exact) mass is 241 g/mol. The van der Waals surface area contributed by atoms with E-state index in [9.17, 15) is 4.79 Å². The maximum Gasteiger partial charge on any atom is 0.236 e.